The Hall–Kier alpha value is 0.0600. The molecule has 242 valence electrons. The van der Waals surface area contributed by atoms with E-state index in [0.29, 0.717) is 44.3 Å². The van der Waals surface area contributed by atoms with Crippen LogP contribution < -0.4 is 56.1 Å². The number of aliphatic hydroxyl groups is 1. The summed E-state index contributed by atoms with van der Waals surface area (Å²) >= 11 is 5.27. The van der Waals surface area contributed by atoms with Gasteiger partial charge in [-0.1, -0.05) is 0 Å². The zero-order valence-corrected chi connectivity index (χ0v) is 25.7. The summed E-state index contributed by atoms with van der Waals surface area (Å²) in [6.07, 6.45) is 5.43. The summed E-state index contributed by atoms with van der Waals surface area (Å²) < 4.78 is 9.72. The second-order valence-electron chi connectivity index (χ2n) is 8.62. The van der Waals surface area contributed by atoms with E-state index in [1.54, 1.807) is 0 Å². The first kappa shape index (κ1) is 46.0. The molecule has 2 unspecified atom stereocenters. The smallest absolute Gasteiger partial charge is 0.0944 e. The summed E-state index contributed by atoms with van der Waals surface area (Å²) in [5.41, 5.74) is 36.2. The molecule has 2 rings (SSSR count). The van der Waals surface area contributed by atoms with Crippen LogP contribution in [0.5, 0.6) is 0 Å². The molecule has 0 radical (unpaired) electrons. The molecule has 0 saturated carbocycles. The van der Waals surface area contributed by atoms with E-state index in [1.807, 2.05) is 0 Å². The molecular weight excluding hydrogens is 547 g/mol. The minimum Gasteiger partial charge on any atom is -0.390 e. The average Bonchev–Trinajstić information content (AvgIpc) is 3.85. The summed E-state index contributed by atoms with van der Waals surface area (Å²) in [6.45, 7) is 11.9. The molecule has 2 fully saturated rings. The predicted molar refractivity (Wildman–Crippen MR) is 169 cm³/mol. The highest BCUT2D eigenvalue weighted by Crippen LogP contribution is 2.08. The van der Waals surface area contributed by atoms with E-state index in [9.17, 15) is 5.11 Å². The molecule has 2 saturated heterocycles. The van der Waals surface area contributed by atoms with E-state index in [-0.39, 0.29) is 18.5 Å². The van der Waals surface area contributed by atoms with Crippen LogP contribution in [0.25, 0.3) is 0 Å². The van der Waals surface area contributed by atoms with Gasteiger partial charge in [0, 0.05) is 19.6 Å². The van der Waals surface area contributed by atoms with Crippen molar-refractivity contribution in [2.75, 3.05) is 104 Å². The predicted octanol–water partition coefficient (Wildman–Crippen LogP) is -2.82. The van der Waals surface area contributed by atoms with E-state index in [0.717, 1.165) is 104 Å². The van der Waals surface area contributed by atoms with Gasteiger partial charge in [0.2, 0.25) is 0 Å². The van der Waals surface area contributed by atoms with Gasteiger partial charge in [0.25, 0.3) is 0 Å². The number of halogens is 2. The minimum atomic E-state index is -0.328. The van der Waals surface area contributed by atoms with Crippen molar-refractivity contribution < 1.29 is 14.6 Å². The van der Waals surface area contributed by atoms with Gasteiger partial charge in [0.05, 0.1) is 37.4 Å². The number of hydrogen-bond acceptors (Lipinski definition) is 13. The van der Waals surface area contributed by atoms with Crippen molar-refractivity contribution in [1.29, 1.82) is 0 Å². The fourth-order valence-corrected chi connectivity index (χ4v) is 2.31. The van der Waals surface area contributed by atoms with Crippen molar-refractivity contribution in [2.24, 2.45) is 40.1 Å². The summed E-state index contributed by atoms with van der Waals surface area (Å²) in [5, 5.41) is 19.0. The number of epoxide rings is 2. The van der Waals surface area contributed by atoms with E-state index < -0.39 is 0 Å². The molecule has 0 spiro atoms. The lowest BCUT2D eigenvalue weighted by molar-refractivity contribution is 0.169. The quantitative estimate of drug-likeness (QED) is 0.0377. The highest BCUT2D eigenvalue weighted by Gasteiger charge is 2.20. The standard InChI is InChI=1S/C9H24N4O.C6H14N2O.C3H5ClO.2C3H10N2.ClH/c10-3-1-5-12-7-9(14)8-13-6-2-4-11;7-2-1-3-8-4-6-5-9-6;4-1-3-2-5-3;2*4-2-1-3-5;/h9,12-14H,1-8,10-11H2;6,8H,1-5,7H2;3H,1-2H2;2*1-5H2;1H. The Balaban J connectivity index is -0.000000210. The van der Waals surface area contributed by atoms with Gasteiger partial charge in [-0.05, 0) is 97.6 Å². The summed E-state index contributed by atoms with van der Waals surface area (Å²) in [6, 6.07) is 0. The highest BCUT2D eigenvalue weighted by atomic mass is 35.5. The van der Waals surface area contributed by atoms with Gasteiger partial charge < -0.3 is 70.7 Å². The second-order valence-corrected chi connectivity index (χ2v) is 8.93. The summed E-state index contributed by atoms with van der Waals surface area (Å²) in [7, 11) is 0. The molecule has 0 aromatic heterocycles. The Kier molecular flexibility index (Phi) is 50.2. The lowest BCUT2D eigenvalue weighted by Crippen LogP contribution is -2.36. The monoisotopic (exact) mass is 610 g/mol. The molecule has 2 atom stereocenters. The number of rotatable bonds is 20. The molecule has 0 bridgehead atoms. The van der Waals surface area contributed by atoms with Crippen LogP contribution in [0.1, 0.15) is 32.1 Å². The maximum Gasteiger partial charge on any atom is 0.0944 e. The van der Waals surface area contributed by atoms with Gasteiger partial charge >= 0.3 is 0 Å². The Morgan fingerprint density at radius 2 is 0.949 bits per heavy atom. The molecule has 0 aromatic carbocycles. The van der Waals surface area contributed by atoms with Crippen molar-refractivity contribution in [3.8, 4) is 0 Å². The molecule has 0 aromatic rings. The van der Waals surface area contributed by atoms with Gasteiger partial charge in [0.15, 0.2) is 0 Å². The minimum absolute atomic E-state index is 0. The normalized spacial score (nSPS) is 16.2. The lowest BCUT2D eigenvalue weighted by atomic mass is 10.3. The first-order valence-corrected chi connectivity index (χ1v) is 14.5. The zero-order chi connectivity index (χ0) is 29.1. The fourth-order valence-electron chi connectivity index (χ4n) is 2.13. The zero-order valence-electron chi connectivity index (χ0n) is 24.2. The lowest BCUT2D eigenvalue weighted by Gasteiger charge is -2.12. The van der Waals surface area contributed by atoms with Crippen LogP contribution in [-0.4, -0.2) is 128 Å². The number of ether oxygens (including phenoxy) is 2. The van der Waals surface area contributed by atoms with Crippen molar-refractivity contribution in [1.82, 2.24) is 16.0 Å². The van der Waals surface area contributed by atoms with Crippen LogP contribution in [0.2, 0.25) is 0 Å². The number of hydrogen-bond donors (Lipinski definition) is 11. The Morgan fingerprint density at radius 1 is 0.615 bits per heavy atom. The maximum atomic E-state index is 9.46. The third kappa shape index (κ3) is 54.8. The number of aliphatic hydroxyl groups excluding tert-OH is 1. The van der Waals surface area contributed by atoms with Gasteiger partial charge in [-0.25, -0.2) is 0 Å². The third-order valence-electron chi connectivity index (χ3n) is 4.60. The van der Waals surface area contributed by atoms with Crippen LogP contribution in [0, 0.1) is 0 Å². The van der Waals surface area contributed by atoms with E-state index >= 15 is 0 Å². The van der Waals surface area contributed by atoms with Crippen LogP contribution >= 0.6 is 24.0 Å². The first-order chi connectivity index (χ1) is 18.5. The topological polar surface area (TPSA) is 264 Å². The van der Waals surface area contributed by atoms with Crippen LogP contribution in [0.3, 0.4) is 0 Å². The Labute approximate surface area is 249 Å². The number of nitrogens with two attached hydrogens (primary N) is 7. The molecule has 0 aliphatic carbocycles. The fraction of sp³-hybridized carbons (Fsp3) is 1.00. The van der Waals surface area contributed by atoms with Gasteiger partial charge in [0.1, 0.15) is 0 Å². The molecular formula is C24H64Cl2N10O3. The Morgan fingerprint density at radius 3 is 1.18 bits per heavy atom. The van der Waals surface area contributed by atoms with Crippen molar-refractivity contribution in [2.45, 2.75) is 50.4 Å². The van der Waals surface area contributed by atoms with Gasteiger partial charge in [-0.3, -0.25) is 0 Å². The molecule has 2 heterocycles. The molecule has 2 aliphatic heterocycles. The summed E-state index contributed by atoms with van der Waals surface area (Å²) in [4.78, 5) is 0. The largest absolute Gasteiger partial charge is 0.390 e. The molecule has 18 N–H and O–H groups in total. The van der Waals surface area contributed by atoms with E-state index in [2.05, 4.69) is 16.0 Å². The summed E-state index contributed by atoms with van der Waals surface area (Å²) in [5.74, 6) is 0.667. The van der Waals surface area contributed by atoms with Crippen molar-refractivity contribution >= 4 is 24.0 Å². The number of alkyl halides is 1. The molecule has 15 heteroatoms. The van der Waals surface area contributed by atoms with Crippen LogP contribution in [0.4, 0.5) is 0 Å². The van der Waals surface area contributed by atoms with Gasteiger partial charge in [-0.15, -0.1) is 24.0 Å². The van der Waals surface area contributed by atoms with E-state index in [1.165, 1.54) is 0 Å². The van der Waals surface area contributed by atoms with E-state index in [4.69, 9.17) is 61.2 Å². The molecule has 39 heavy (non-hydrogen) atoms. The molecule has 0 amide bonds. The van der Waals surface area contributed by atoms with Crippen molar-refractivity contribution in [3.05, 3.63) is 0 Å². The number of nitrogens with one attached hydrogen (secondary N) is 3. The van der Waals surface area contributed by atoms with Crippen LogP contribution in [-0.2, 0) is 9.47 Å². The van der Waals surface area contributed by atoms with Gasteiger partial charge in [-0.2, -0.15) is 0 Å². The Bertz CT molecular complexity index is 385. The highest BCUT2D eigenvalue weighted by molar-refractivity contribution is 6.18. The molecule has 2 aliphatic rings. The van der Waals surface area contributed by atoms with Crippen LogP contribution in [0.15, 0.2) is 0 Å². The average molecular weight is 612 g/mol. The second kappa shape index (κ2) is 42.5. The third-order valence-corrected chi connectivity index (χ3v) is 4.94. The molecule has 13 nitrogen and oxygen atoms in total. The SMILES string of the molecule is Cl.ClCC1CO1.NCCCN.NCCCN.NCCCNCC(O)CNCCCN.NCCCNCC1CO1. The van der Waals surface area contributed by atoms with Crippen molar-refractivity contribution in [3.63, 3.8) is 0 Å². The first-order valence-electron chi connectivity index (χ1n) is 14.0. The maximum absolute atomic E-state index is 9.46.